The minimum absolute atomic E-state index is 0. The molecule has 142 valence electrons. The summed E-state index contributed by atoms with van der Waals surface area (Å²) in [5.41, 5.74) is 0. The molecule has 1 amide bonds. The third-order valence-corrected chi connectivity index (χ3v) is 4.84. The van der Waals surface area contributed by atoms with Crippen molar-refractivity contribution in [2.45, 2.75) is 44.4 Å². The Balaban J connectivity index is 0.00000225. The molecule has 0 bridgehead atoms. The average molecular weight is 373 g/mol. The number of carbonyl (C=O) groups excluding carboxylic acids is 1. The van der Waals surface area contributed by atoms with Gasteiger partial charge in [-0.3, -0.25) is 4.79 Å². The van der Waals surface area contributed by atoms with Gasteiger partial charge in [-0.15, -0.1) is 12.4 Å². The van der Waals surface area contributed by atoms with Crippen molar-refractivity contribution in [3.05, 3.63) is 18.2 Å². The maximum Gasteiger partial charge on any atom is 0.252 e. The number of imidazole rings is 1. The Morgan fingerprint density at radius 1 is 1.52 bits per heavy atom. The summed E-state index contributed by atoms with van der Waals surface area (Å²) in [7, 11) is 1.96. The summed E-state index contributed by atoms with van der Waals surface area (Å²) in [6.07, 6.45) is 6.66. The van der Waals surface area contributed by atoms with Crippen LogP contribution in [0.1, 0.15) is 38.1 Å². The summed E-state index contributed by atoms with van der Waals surface area (Å²) < 4.78 is 13.5. The van der Waals surface area contributed by atoms with Crippen LogP contribution in [0.2, 0.25) is 0 Å². The molecule has 3 unspecified atom stereocenters. The van der Waals surface area contributed by atoms with Gasteiger partial charge in [-0.05, 0) is 26.2 Å². The number of halogens is 1. The first-order valence-corrected chi connectivity index (χ1v) is 8.88. The minimum atomic E-state index is -0.462. The van der Waals surface area contributed by atoms with Crippen LogP contribution in [0.3, 0.4) is 0 Å². The van der Waals surface area contributed by atoms with Gasteiger partial charge in [-0.25, -0.2) is 4.98 Å². The van der Waals surface area contributed by atoms with Crippen LogP contribution in [0, 0.1) is 0 Å². The fraction of sp³-hybridized carbons (Fsp3) is 0.765. The fourth-order valence-electron chi connectivity index (χ4n) is 3.39. The first kappa shape index (κ1) is 20.2. The van der Waals surface area contributed by atoms with Gasteiger partial charge >= 0.3 is 0 Å². The minimum Gasteiger partial charge on any atom is -0.376 e. The van der Waals surface area contributed by atoms with Crippen molar-refractivity contribution in [2.24, 2.45) is 7.05 Å². The van der Waals surface area contributed by atoms with E-state index in [1.807, 2.05) is 29.6 Å². The quantitative estimate of drug-likeness (QED) is 0.843. The number of aryl methyl sites for hydroxylation is 1. The molecule has 0 aromatic carbocycles. The van der Waals surface area contributed by atoms with Gasteiger partial charge in [-0.2, -0.15) is 0 Å². The number of hydrogen-bond acceptors (Lipinski definition) is 5. The molecular formula is C17H29ClN4O3. The topological polar surface area (TPSA) is 68.6 Å². The van der Waals surface area contributed by atoms with Crippen molar-refractivity contribution in [3.8, 4) is 0 Å². The molecule has 8 heteroatoms. The Morgan fingerprint density at radius 2 is 2.36 bits per heavy atom. The van der Waals surface area contributed by atoms with E-state index in [1.54, 1.807) is 6.20 Å². The molecule has 0 saturated carbocycles. The van der Waals surface area contributed by atoms with Crippen molar-refractivity contribution in [1.29, 1.82) is 0 Å². The number of aromatic nitrogens is 2. The number of carbonyl (C=O) groups is 1. The Hall–Kier alpha value is -1.15. The SMILES string of the molecule is CC(OCC1CCCCO1)C(=O)N1CCNCC1c1nccn1C.Cl. The number of hydrogen-bond donors (Lipinski definition) is 1. The van der Waals surface area contributed by atoms with Crippen LogP contribution in [0.5, 0.6) is 0 Å². The van der Waals surface area contributed by atoms with E-state index in [1.165, 1.54) is 6.42 Å². The van der Waals surface area contributed by atoms with Gasteiger partial charge < -0.3 is 24.3 Å². The number of nitrogens with zero attached hydrogens (tertiary/aromatic N) is 3. The van der Waals surface area contributed by atoms with Crippen LogP contribution in [0.15, 0.2) is 12.4 Å². The Kier molecular flexibility index (Phi) is 7.68. The summed E-state index contributed by atoms with van der Waals surface area (Å²) >= 11 is 0. The predicted molar refractivity (Wildman–Crippen MR) is 96.8 cm³/mol. The van der Waals surface area contributed by atoms with Crippen LogP contribution in [-0.4, -0.2) is 65.4 Å². The molecule has 2 aliphatic heterocycles. The largest absolute Gasteiger partial charge is 0.376 e. The number of ether oxygens (including phenoxy) is 2. The summed E-state index contributed by atoms with van der Waals surface area (Å²) in [5.74, 6) is 0.929. The number of nitrogens with one attached hydrogen (secondary N) is 1. The van der Waals surface area contributed by atoms with Gasteiger partial charge in [0, 0.05) is 45.7 Å². The normalized spacial score (nSPS) is 25.3. The van der Waals surface area contributed by atoms with Gasteiger partial charge in [0.1, 0.15) is 18.0 Å². The highest BCUT2D eigenvalue weighted by molar-refractivity contribution is 5.85. The molecule has 3 rings (SSSR count). The van der Waals surface area contributed by atoms with E-state index < -0.39 is 6.10 Å². The van der Waals surface area contributed by atoms with Gasteiger partial charge in [-0.1, -0.05) is 0 Å². The molecule has 3 atom stereocenters. The molecule has 0 radical (unpaired) electrons. The molecule has 2 saturated heterocycles. The fourth-order valence-corrected chi connectivity index (χ4v) is 3.39. The highest BCUT2D eigenvalue weighted by Crippen LogP contribution is 2.22. The molecule has 0 spiro atoms. The van der Waals surface area contributed by atoms with E-state index in [9.17, 15) is 4.79 Å². The second-order valence-electron chi connectivity index (χ2n) is 6.61. The Morgan fingerprint density at radius 3 is 3.04 bits per heavy atom. The third kappa shape index (κ3) is 4.94. The maximum atomic E-state index is 12.9. The van der Waals surface area contributed by atoms with E-state index in [4.69, 9.17) is 9.47 Å². The van der Waals surface area contributed by atoms with Gasteiger partial charge in [0.25, 0.3) is 5.91 Å². The van der Waals surface area contributed by atoms with E-state index in [2.05, 4.69) is 10.3 Å². The Bertz CT molecular complexity index is 548. The predicted octanol–water partition coefficient (Wildman–Crippen LogP) is 1.29. The van der Waals surface area contributed by atoms with E-state index >= 15 is 0 Å². The zero-order valence-corrected chi connectivity index (χ0v) is 15.8. The molecule has 1 aromatic rings. The lowest BCUT2D eigenvalue weighted by Gasteiger charge is -2.37. The standard InChI is InChI=1S/C17H28N4O3.ClH/c1-13(24-12-14-5-3-4-10-23-14)17(22)21-9-6-18-11-15(21)16-19-7-8-20(16)2;/h7-8,13-15,18H,3-6,9-12H2,1-2H3;1H. The van der Waals surface area contributed by atoms with Crippen LogP contribution < -0.4 is 5.32 Å². The van der Waals surface area contributed by atoms with Crippen molar-refractivity contribution in [3.63, 3.8) is 0 Å². The maximum absolute atomic E-state index is 12.9. The second kappa shape index (κ2) is 9.52. The number of amides is 1. The van der Waals surface area contributed by atoms with Crippen LogP contribution >= 0.6 is 12.4 Å². The lowest BCUT2D eigenvalue weighted by molar-refractivity contribution is -0.149. The van der Waals surface area contributed by atoms with Crippen molar-refractivity contribution >= 4 is 18.3 Å². The lowest BCUT2D eigenvalue weighted by atomic mass is 10.1. The zero-order valence-electron chi connectivity index (χ0n) is 15.0. The summed E-state index contributed by atoms with van der Waals surface area (Å²) in [5, 5.41) is 3.35. The van der Waals surface area contributed by atoms with Gasteiger partial charge in [0.05, 0.1) is 12.7 Å². The second-order valence-corrected chi connectivity index (χ2v) is 6.61. The van der Waals surface area contributed by atoms with Gasteiger partial charge in [0.2, 0.25) is 0 Å². The van der Waals surface area contributed by atoms with E-state index in [-0.39, 0.29) is 30.5 Å². The zero-order chi connectivity index (χ0) is 16.9. The average Bonchev–Trinajstić information content (AvgIpc) is 3.05. The monoisotopic (exact) mass is 372 g/mol. The Labute approximate surface area is 155 Å². The molecular weight excluding hydrogens is 344 g/mol. The van der Waals surface area contributed by atoms with E-state index in [0.717, 1.165) is 38.4 Å². The van der Waals surface area contributed by atoms with Crippen molar-refractivity contribution in [2.75, 3.05) is 32.8 Å². The summed E-state index contributed by atoms with van der Waals surface area (Å²) in [6, 6.07) is -0.0526. The number of piperazine rings is 1. The molecule has 3 heterocycles. The number of rotatable bonds is 5. The molecule has 1 N–H and O–H groups in total. The van der Waals surface area contributed by atoms with Crippen LogP contribution in [0.25, 0.3) is 0 Å². The highest BCUT2D eigenvalue weighted by atomic mass is 35.5. The first-order chi connectivity index (χ1) is 11.7. The highest BCUT2D eigenvalue weighted by Gasteiger charge is 2.33. The smallest absolute Gasteiger partial charge is 0.252 e. The molecule has 7 nitrogen and oxygen atoms in total. The molecule has 25 heavy (non-hydrogen) atoms. The van der Waals surface area contributed by atoms with Gasteiger partial charge in [0.15, 0.2) is 0 Å². The first-order valence-electron chi connectivity index (χ1n) is 8.88. The van der Waals surface area contributed by atoms with Crippen LogP contribution in [-0.2, 0) is 21.3 Å². The van der Waals surface area contributed by atoms with Crippen molar-refractivity contribution < 1.29 is 14.3 Å². The molecule has 0 aliphatic carbocycles. The third-order valence-electron chi connectivity index (χ3n) is 4.84. The molecule has 1 aromatic heterocycles. The van der Waals surface area contributed by atoms with Crippen molar-refractivity contribution in [1.82, 2.24) is 19.8 Å². The lowest BCUT2D eigenvalue weighted by Crippen LogP contribution is -2.52. The summed E-state index contributed by atoms with van der Waals surface area (Å²) in [6.45, 7) is 5.31. The summed E-state index contributed by atoms with van der Waals surface area (Å²) in [4.78, 5) is 19.2. The van der Waals surface area contributed by atoms with E-state index in [0.29, 0.717) is 13.2 Å². The van der Waals surface area contributed by atoms with Crippen LogP contribution in [0.4, 0.5) is 0 Å². The molecule has 2 aliphatic rings. The molecule has 2 fully saturated rings.